The van der Waals surface area contributed by atoms with Crippen LogP contribution in [0.2, 0.25) is 0 Å². The van der Waals surface area contributed by atoms with Crippen molar-refractivity contribution >= 4 is 7.60 Å². The van der Waals surface area contributed by atoms with E-state index in [1.807, 2.05) is 13.8 Å². The lowest BCUT2D eigenvalue weighted by Crippen LogP contribution is -2.07. The van der Waals surface area contributed by atoms with Crippen LogP contribution >= 0.6 is 7.60 Å². The van der Waals surface area contributed by atoms with E-state index in [1.165, 1.54) is 0 Å². The molecule has 0 aliphatic rings. The molecule has 0 amide bonds. The van der Waals surface area contributed by atoms with Gasteiger partial charge in [0, 0.05) is 0 Å². The van der Waals surface area contributed by atoms with E-state index >= 15 is 0 Å². The average Bonchev–Trinajstić information content (AvgIpc) is 2.01. The lowest BCUT2D eigenvalue weighted by molar-refractivity contribution is 0.218. The molecule has 0 aromatic heterocycles. The maximum atomic E-state index is 12.1. The highest BCUT2D eigenvalue weighted by molar-refractivity contribution is 7.53. The summed E-state index contributed by atoms with van der Waals surface area (Å²) in [5, 5.41) is 0. The van der Waals surface area contributed by atoms with E-state index in [-0.39, 0.29) is 5.41 Å². The summed E-state index contributed by atoms with van der Waals surface area (Å²) in [5.41, 5.74) is 0.281. The quantitative estimate of drug-likeness (QED) is 0.625. The summed E-state index contributed by atoms with van der Waals surface area (Å²) in [5.74, 6) is 0. The second-order valence-electron chi connectivity index (χ2n) is 4.83. The molecule has 15 heavy (non-hydrogen) atoms. The Hall–Kier alpha value is 0.150. The Bertz CT molecular complexity index is 198. The highest BCUT2D eigenvalue weighted by atomic mass is 31.2. The van der Waals surface area contributed by atoms with Gasteiger partial charge in [0.1, 0.15) is 0 Å². The fourth-order valence-corrected chi connectivity index (χ4v) is 3.03. The Morgan fingerprint density at radius 2 is 1.53 bits per heavy atom. The predicted molar refractivity (Wildman–Crippen MR) is 64.4 cm³/mol. The highest BCUT2D eigenvalue weighted by Gasteiger charge is 2.23. The molecule has 0 radical (unpaired) electrons. The van der Waals surface area contributed by atoms with Crippen molar-refractivity contribution in [2.24, 2.45) is 5.41 Å². The van der Waals surface area contributed by atoms with E-state index in [4.69, 9.17) is 9.05 Å². The van der Waals surface area contributed by atoms with Crippen LogP contribution in [-0.2, 0) is 13.6 Å². The molecule has 0 rings (SSSR count). The van der Waals surface area contributed by atoms with Gasteiger partial charge in [0.25, 0.3) is 0 Å². The molecule has 92 valence electrons. The van der Waals surface area contributed by atoms with Gasteiger partial charge in [-0.05, 0) is 32.1 Å². The molecule has 0 aliphatic carbocycles. The third-order valence-electron chi connectivity index (χ3n) is 2.01. The van der Waals surface area contributed by atoms with Crippen molar-refractivity contribution < 1.29 is 13.6 Å². The van der Waals surface area contributed by atoms with Crippen LogP contribution in [0.3, 0.4) is 0 Å². The summed E-state index contributed by atoms with van der Waals surface area (Å²) in [6.07, 6.45) is 2.46. The summed E-state index contributed by atoms with van der Waals surface area (Å²) in [4.78, 5) is 0. The van der Waals surface area contributed by atoms with E-state index in [0.717, 1.165) is 12.8 Å². The zero-order valence-electron chi connectivity index (χ0n) is 10.7. The highest BCUT2D eigenvalue weighted by Crippen LogP contribution is 2.49. The molecule has 0 fully saturated rings. The molecule has 0 spiro atoms. The Morgan fingerprint density at radius 1 is 1.07 bits per heavy atom. The fraction of sp³-hybridized carbons (Fsp3) is 1.00. The van der Waals surface area contributed by atoms with Crippen molar-refractivity contribution in [2.45, 2.75) is 47.5 Å². The summed E-state index contributed by atoms with van der Waals surface area (Å²) < 4.78 is 22.5. The lowest BCUT2D eigenvalue weighted by atomic mass is 9.91. The summed E-state index contributed by atoms with van der Waals surface area (Å²) in [6, 6.07) is 0. The topological polar surface area (TPSA) is 35.5 Å². The molecular formula is C11H25O3P. The van der Waals surface area contributed by atoms with Crippen LogP contribution in [0.1, 0.15) is 47.5 Å². The molecule has 0 saturated carbocycles. The van der Waals surface area contributed by atoms with Crippen molar-refractivity contribution in [3.8, 4) is 0 Å². The first kappa shape index (κ1) is 15.2. The van der Waals surface area contributed by atoms with Gasteiger partial charge in [-0.2, -0.15) is 0 Å². The minimum atomic E-state index is -2.81. The predicted octanol–water partition coefficient (Wildman–Crippen LogP) is 4.08. The van der Waals surface area contributed by atoms with Crippen LogP contribution in [0.4, 0.5) is 0 Å². The second-order valence-corrected chi connectivity index (χ2v) is 7.02. The van der Waals surface area contributed by atoms with Crippen LogP contribution in [0.15, 0.2) is 0 Å². The molecule has 0 aromatic carbocycles. The van der Waals surface area contributed by atoms with Gasteiger partial charge >= 0.3 is 7.60 Å². The lowest BCUT2D eigenvalue weighted by Gasteiger charge is -2.21. The summed E-state index contributed by atoms with van der Waals surface area (Å²) in [6.45, 7) is 11.1. The molecule has 0 aromatic rings. The standard InChI is InChI=1S/C11H25O3P/c1-6-13-15(12,14-7-2)10-8-9-11(3,4)5/h6-10H2,1-5H3. The Morgan fingerprint density at radius 3 is 1.87 bits per heavy atom. The van der Waals surface area contributed by atoms with Crippen LogP contribution in [-0.4, -0.2) is 19.4 Å². The maximum absolute atomic E-state index is 12.1. The normalized spacial score (nSPS) is 13.1. The van der Waals surface area contributed by atoms with Gasteiger partial charge in [-0.25, -0.2) is 0 Å². The largest absolute Gasteiger partial charge is 0.330 e. The Labute approximate surface area is 94.1 Å². The third-order valence-corrected chi connectivity index (χ3v) is 4.18. The van der Waals surface area contributed by atoms with Gasteiger partial charge in [-0.1, -0.05) is 20.8 Å². The molecule has 0 atom stereocenters. The van der Waals surface area contributed by atoms with Gasteiger partial charge in [0.05, 0.1) is 19.4 Å². The maximum Gasteiger partial charge on any atom is 0.330 e. The Balaban J connectivity index is 4.02. The second kappa shape index (κ2) is 6.67. The number of rotatable bonds is 7. The first-order valence-electron chi connectivity index (χ1n) is 5.71. The smallest absolute Gasteiger partial charge is 0.309 e. The first-order chi connectivity index (χ1) is 6.83. The third kappa shape index (κ3) is 8.01. The average molecular weight is 236 g/mol. The van der Waals surface area contributed by atoms with E-state index in [9.17, 15) is 4.57 Å². The van der Waals surface area contributed by atoms with Crippen molar-refractivity contribution in [3.63, 3.8) is 0 Å². The van der Waals surface area contributed by atoms with Crippen LogP contribution < -0.4 is 0 Å². The van der Waals surface area contributed by atoms with Gasteiger partial charge in [0.15, 0.2) is 0 Å². The minimum absolute atomic E-state index is 0.281. The molecule has 4 heteroatoms. The van der Waals surface area contributed by atoms with E-state index in [0.29, 0.717) is 19.4 Å². The summed E-state index contributed by atoms with van der Waals surface area (Å²) >= 11 is 0. The molecule has 0 unspecified atom stereocenters. The number of hydrogen-bond donors (Lipinski definition) is 0. The SMILES string of the molecule is CCOP(=O)(CCCC(C)(C)C)OCC. The van der Waals surface area contributed by atoms with Gasteiger partial charge in [0.2, 0.25) is 0 Å². The molecular weight excluding hydrogens is 211 g/mol. The summed E-state index contributed by atoms with van der Waals surface area (Å²) in [7, 11) is -2.81. The van der Waals surface area contributed by atoms with Crippen molar-refractivity contribution in [2.75, 3.05) is 19.4 Å². The van der Waals surface area contributed by atoms with E-state index in [2.05, 4.69) is 20.8 Å². The zero-order chi connectivity index (χ0) is 11.9. The van der Waals surface area contributed by atoms with Gasteiger partial charge in [-0.3, -0.25) is 4.57 Å². The van der Waals surface area contributed by atoms with E-state index < -0.39 is 7.60 Å². The molecule has 0 bridgehead atoms. The van der Waals surface area contributed by atoms with Crippen molar-refractivity contribution in [3.05, 3.63) is 0 Å². The molecule has 0 aliphatic heterocycles. The monoisotopic (exact) mass is 236 g/mol. The Kier molecular flexibility index (Phi) is 6.74. The fourth-order valence-electron chi connectivity index (χ4n) is 1.36. The van der Waals surface area contributed by atoms with Crippen LogP contribution in [0, 0.1) is 5.41 Å². The van der Waals surface area contributed by atoms with Crippen LogP contribution in [0.5, 0.6) is 0 Å². The molecule has 0 heterocycles. The van der Waals surface area contributed by atoms with Crippen LogP contribution in [0.25, 0.3) is 0 Å². The van der Waals surface area contributed by atoms with E-state index in [1.54, 1.807) is 0 Å². The van der Waals surface area contributed by atoms with Crippen molar-refractivity contribution in [1.29, 1.82) is 0 Å². The molecule has 0 N–H and O–H groups in total. The molecule has 0 saturated heterocycles. The van der Waals surface area contributed by atoms with Gasteiger partial charge < -0.3 is 9.05 Å². The number of hydrogen-bond acceptors (Lipinski definition) is 3. The van der Waals surface area contributed by atoms with Gasteiger partial charge in [-0.15, -0.1) is 0 Å². The van der Waals surface area contributed by atoms with Crippen molar-refractivity contribution in [1.82, 2.24) is 0 Å². The first-order valence-corrected chi connectivity index (χ1v) is 7.44. The molecule has 3 nitrogen and oxygen atoms in total. The minimum Gasteiger partial charge on any atom is -0.309 e. The zero-order valence-corrected chi connectivity index (χ0v) is 11.6.